The maximum absolute atomic E-state index is 12.3. The lowest BCUT2D eigenvalue weighted by atomic mass is 9.40. The summed E-state index contributed by atoms with van der Waals surface area (Å²) in [5.74, 6) is -5.24. The number of esters is 3. The number of hydrogen-bond acceptors (Lipinski definition) is 10. The molecule has 0 heterocycles. The average molecular weight is 527 g/mol. The number of aliphatic hydroxyl groups excluding tert-OH is 1. The lowest BCUT2D eigenvalue weighted by molar-refractivity contribution is -0.319. The van der Waals surface area contributed by atoms with Crippen molar-refractivity contribution in [2.45, 2.75) is 102 Å². The molecule has 0 aliphatic heterocycles. The van der Waals surface area contributed by atoms with Crippen LogP contribution in [0.5, 0.6) is 0 Å². The molecule has 0 aromatic carbocycles. The van der Waals surface area contributed by atoms with Crippen molar-refractivity contribution in [3.63, 3.8) is 0 Å². The molecule has 4 aliphatic rings. The van der Waals surface area contributed by atoms with Crippen molar-refractivity contribution >= 4 is 23.9 Å². The summed E-state index contributed by atoms with van der Waals surface area (Å²) in [5, 5.41) is 46.0. The van der Waals surface area contributed by atoms with E-state index in [0.717, 1.165) is 0 Å². The molecule has 0 unspecified atom stereocenters. The second kappa shape index (κ2) is 9.20. The lowest BCUT2D eigenvalue weighted by Gasteiger charge is -2.68. The molecule has 4 fully saturated rings. The first-order valence-corrected chi connectivity index (χ1v) is 12.9. The Morgan fingerprint density at radius 2 is 1.57 bits per heavy atom. The summed E-state index contributed by atoms with van der Waals surface area (Å²) in [6.45, 7) is 4.97. The highest BCUT2D eigenvalue weighted by atomic mass is 16.6. The number of rotatable bonds is 5. The minimum absolute atomic E-state index is 0.000784. The maximum atomic E-state index is 12.3. The van der Waals surface area contributed by atoms with Crippen LogP contribution in [0.2, 0.25) is 0 Å². The normalized spacial score (nSPS) is 46.6. The van der Waals surface area contributed by atoms with Crippen molar-refractivity contribution in [1.29, 1.82) is 0 Å². The van der Waals surface area contributed by atoms with Gasteiger partial charge in [-0.3, -0.25) is 19.2 Å². The Bertz CT molecular complexity index is 982. The van der Waals surface area contributed by atoms with Crippen LogP contribution < -0.4 is 0 Å². The fourth-order valence-corrected chi connectivity index (χ4v) is 8.69. The zero-order valence-electron chi connectivity index (χ0n) is 21.8. The number of aliphatic hydroxyl groups is 3. The molecule has 37 heavy (non-hydrogen) atoms. The molecule has 0 spiro atoms. The third-order valence-corrected chi connectivity index (χ3v) is 10.1. The van der Waals surface area contributed by atoms with Gasteiger partial charge in [-0.05, 0) is 38.0 Å². The number of hydrogen-bond donors (Lipinski definition) is 4. The summed E-state index contributed by atoms with van der Waals surface area (Å²) in [7, 11) is 0. The Morgan fingerprint density at radius 1 is 0.919 bits per heavy atom. The van der Waals surface area contributed by atoms with Crippen molar-refractivity contribution in [3.05, 3.63) is 0 Å². The molecule has 4 aliphatic carbocycles. The van der Waals surface area contributed by atoms with Crippen LogP contribution in [0.4, 0.5) is 0 Å². The molecule has 11 nitrogen and oxygen atoms in total. The predicted octanol–water partition coefficient (Wildman–Crippen LogP) is 0.947. The monoisotopic (exact) mass is 526 g/mol. The van der Waals surface area contributed by atoms with Gasteiger partial charge in [-0.1, -0.05) is 6.92 Å². The number of aliphatic carboxylic acids is 1. The molecule has 208 valence electrons. The zero-order chi connectivity index (χ0) is 27.6. The molecule has 0 aromatic rings. The van der Waals surface area contributed by atoms with E-state index in [-0.39, 0.29) is 44.9 Å². The molecule has 10 atom stereocenters. The van der Waals surface area contributed by atoms with Gasteiger partial charge in [-0.15, -0.1) is 0 Å². The second-order valence-corrected chi connectivity index (χ2v) is 11.8. The summed E-state index contributed by atoms with van der Waals surface area (Å²) < 4.78 is 16.6. The van der Waals surface area contributed by atoms with Gasteiger partial charge >= 0.3 is 23.9 Å². The average Bonchev–Trinajstić information content (AvgIpc) is 3.02. The fraction of sp³-hybridized carbons (Fsp3) is 0.846. The van der Waals surface area contributed by atoms with Crippen LogP contribution in [0, 0.1) is 28.6 Å². The van der Waals surface area contributed by atoms with Gasteiger partial charge in [-0.25, -0.2) is 0 Å². The molecule has 0 aromatic heterocycles. The van der Waals surface area contributed by atoms with E-state index in [1.165, 1.54) is 20.8 Å². The standard InChI is InChI=1S/C26H38O11/c1-13(27)35-12-25-20(30)9-16(36-14(2)28)10-24(25,33)7-5-17-21(25)19(37-15(3)29)11-23(4)18(22(31)32)6-8-26(17,23)34/h16-21,30,33-34H,5-12H2,1-4H3,(H,31,32)/t16-,17+,18+,19+,20+,21+,23+,24+,25+,26-/m0/s1. The molecule has 4 saturated carbocycles. The van der Waals surface area contributed by atoms with Gasteiger partial charge in [0.05, 0.1) is 28.6 Å². The van der Waals surface area contributed by atoms with Crippen LogP contribution in [-0.2, 0) is 33.4 Å². The summed E-state index contributed by atoms with van der Waals surface area (Å²) in [6, 6.07) is 0. The molecule has 0 bridgehead atoms. The molecule has 4 N–H and O–H groups in total. The topological polar surface area (TPSA) is 177 Å². The highest BCUT2D eigenvalue weighted by Gasteiger charge is 2.77. The number of fused-ring (bicyclic) bond motifs is 5. The third-order valence-electron chi connectivity index (χ3n) is 10.1. The van der Waals surface area contributed by atoms with Gasteiger partial charge in [0.2, 0.25) is 0 Å². The Labute approximate surface area is 215 Å². The minimum atomic E-state index is -1.69. The SMILES string of the molecule is CC(=O)OC[C@@]12[C@@H]3[C@@H](CC[C@@]1(O)C[C@@H](OC(C)=O)C[C@H]2O)[C@@]1(O)CC[C@H](C(=O)O)[C@@]1(C)C[C@H]3OC(C)=O. The first kappa shape index (κ1) is 27.8. The summed E-state index contributed by atoms with van der Waals surface area (Å²) in [4.78, 5) is 48.1. The number of ether oxygens (including phenoxy) is 3. The second-order valence-electron chi connectivity index (χ2n) is 11.8. The minimum Gasteiger partial charge on any atom is -0.481 e. The number of carbonyl (C=O) groups excluding carboxylic acids is 3. The van der Waals surface area contributed by atoms with E-state index in [1.54, 1.807) is 6.92 Å². The third kappa shape index (κ3) is 4.04. The van der Waals surface area contributed by atoms with Crippen LogP contribution in [0.25, 0.3) is 0 Å². The maximum Gasteiger partial charge on any atom is 0.307 e. The van der Waals surface area contributed by atoms with Crippen molar-refractivity contribution < 1.29 is 53.8 Å². The Hall–Kier alpha value is -2.24. The smallest absolute Gasteiger partial charge is 0.307 e. The van der Waals surface area contributed by atoms with Gasteiger partial charge in [0, 0.05) is 44.9 Å². The molecule has 4 rings (SSSR count). The Balaban J connectivity index is 1.88. The van der Waals surface area contributed by atoms with Crippen LogP contribution >= 0.6 is 0 Å². The van der Waals surface area contributed by atoms with Gasteiger partial charge < -0.3 is 34.6 Å². The van der Waals surface area contributed by atoms with Crippen LogP contribution in [0.15, 0.2) is 0 Å². The van der Waals surface area contributed by atoms with E-state index in [0.29, 0.717) is 0 Å². The quantitative estimate of drug-likeness (QED) is 0.296. The molecular formula is C26H38O11. The largest absolute Gasteiger partial charge is 0.481 e. The Morgan fingerprint density at radius 3 is 2.14 bits per heavy atom. The van der Waals surface area contributed by atoms with Crippen molar-refractivity contribution in [2.75, 3.05) is 6.61 Å². The van der Waals surface area contributed by atoms with E-state index in [9.17, 15) is 39.6 Å². The zero-order valence-corrected chi connectivity index (χ0v) is 21.8. The lowest BCUT2D eigenvalue weighted by Crippen LogP contribution is -2.76. The first-order valence-electron chi connectivity index (χ1n) is 12.9. The molecule has 0 amide bonds. The van der Waals surface area contributed by atoms with E-state index in [1.807, 2.05) is 0 Å². The first-order chi connectivity index (χ1) is 17.1. The number of carboxylic acid groups (broad SMARTS) is 1. The summed E-state index contributed by atoms with van der Waals surface area (Å²) in [6.07, 6.45) is -2.42. The number of carbonyl (C=O) groups is 4. The highest BCUT2D eigenvalue weighted by Crippen LogP contribution is 2.70. The van der Waals surface area contributed by atoms with Crippen molar-refractivity contribution in [1.82, 2.24) is 0 Å². The van der Waals surface area contributed by atoms with Gasteiger partial charge in [0.1, 0.15) is 18.8 Å². The van der Waals surface area contributed by atoms with Gasteiger partial charge in [0.15, 0.2) is 0 Å². The molecule has 0 radical (unpaired) electrons. The van der Waals surface area contributed by atoms with Gasteiger partial charge in [0.25, 0.3) is 0 Å². The molecule has 11 heteroatoms. The fourth-order valence-electron chi connectivity index (χ4n) is 8.69. The number of carboxylic acids is 1. The van der Waals surface area contributed by atoms with Crippen LogP contribution in [0.1, 0.15) is 72.6 Å². The van der Waals surface area contributed by atoms with E-state index < -0.39 is 88.6 Å². The van der Waals surface area contributed by atoms with E-state index in [4.69, 9.17) is 14.2 Å². The summed E-state index contributed by atoms with van der Waals surface area (Å²) >= 11 is 0. The Kier molecular flexibility index (Phi) is 6.91. The predicted molar refractivity (Wildman–Crippen MR) is 125 cm³/mol. The molecule has 0 saturated heterocycles. The van der Waals surface area contributed by atoms with Crippen LogP contribution in [-0.4, -0.2) is 80.4 Å². The molecular weight excluding hydrogens is 488 g/mol. The summed E-state index contributed by atoms with van der Waals surface area (Å²) in [5.41, 5.74) is -5.85. The van der Waals surface area contributed by atoms with E-state index >= 15 is 0 Å². The van der Waals surface area contributed by atoms with Crippen LogP contribution in [0.3, 0.4) is 0 Å². The van der Waals surface area contributed by atoms with Gasteiger partial charge in [-0.2, -0.15) is 0 Å². The van der Waals surface area contributed by atoms with Crippen molar-refractivity contribution in [2.24, 2.45) is 28.6 Å². The van der Waals surface area contributed by atoms with Crippen molar-refractivity contribution in [3.8, 4) is 0 Å². The highest BCUT2D eigenvalue weighted by molar-refractivity contribution is 5.72. The van der Waals surface area contributed by atoms with E-state index in [2.05, 4.69) is 0 Å².